The normalized spacial score (nSPS) is 14.5. The number of aryl methyl sites for hydroxylation is 1. The van der Waals surface area contributed by atoms with Gasteiger partial charge >= 0.3 is 0 Å². The molecule has 0 saturated heterocycles. The summed E-state index contributed by atoms with van der Waals surface area (Å²) < 4.78 is 0. The molecule has 20 heavy (non-hydrogen) atoms. The molecule has 1 aliphatic rings. The highest BCUT2D eigenvalue weighted by Crippen LogP contribution is 2.32. The molecule has 0 radical (unpaired) electrons. The molecule has 4 nitrogen and oxygen atoms in total. The number of aromatic nitrogens is 1. The van der Waals surface area contributed by atoms with Crippen molar-refractivity contribution < 1.29 is 9.59 Å². The number of rotatable bonds is 2. The third-order valence-corrected chi connectivity index (χ3v) is 4.17. The maximum atomic E-state index is 12.4. The van der Waals surface area contributed by atoms with Crippen molar-refractivity contribution >= 4 is 40.2 Å². The number of anilines is 1. The Balaban J connectivity index is 2.05. The molecule has 0 spiro atoms. The van der Waals surface area contributed by atoms with Crippen molar-refractivity contribution in [1.29, 1.82) is 0 Å². The number of fused-ring (bicyclic) bond motifs is 1. The highest BCUT2D eigenvalue weighted by Gasteiger charge is 2.34. The number of carbonyl (C=O) groups is 2. The van der Waals surface area contributed by atoms with Crippen molar-refractivity contribution in [3.63, 3.8) is 0 Å². The first kappa shape index (κ1) is 13.0. The zero-order valence-electron chi connectivity index (χ0n) is 10.4. The van der Waals surface area contributed by atoms with Crippen LogP contribution in [0.15, 0.2) is 41.1 Å². The number of para-hydroxylation sites is 1. The van der Waals surface area contributed by atoms with Crippen molar-refractivity contribution in [2.45, 2.75) is 6.92 Å². The molecule has 0 amide bonds. The average Bonchev–Trinajstić information content (AvgIpc) is 2.85. The number of halogens is 1. The lowest BCUT2D eigenvalue weighted by Crippen LogP contribution is -2.23. The number of hydrogen-bond donors (Lipinski definition) is 1. The first-order valence-electron chi connectivity index (χ1n) is 5.86. The van der Waals surface area contributed by atoms with Crippen LogP contribution in [0.25, 0.3) is 0 Å². The van der Waals surface area contributed by atoms with Gasteiger partial charge in [0.1, 0.15) is 21.3 Å². The molecular weight excluding hydrogens is 296 g/mol. The summed E-state index contributed by atoms with van der Waals surface area (Å²) in [4.78, 5) is 29.0. The number of allylic oxidation sites excluding steroid dienone is 2. The summed E-state index contributed by atoms with van der Waals surface area (Å²) in [6.07, 6.45) is 0. The maximum Gasteiger partial charge on any atom is 0.226 e. The van der Waals surface area contributed by atoms with E-state index in [2.05, 4.69) is 10.3 Å². The van der Waals surface area contributed by atoms with Crippen molar-refractivity contribution in [2.75, 3.05) is 5.32 Å². The van der Waals surface area contributed by atoms with Crippen molar-refractivity contribution in [1.82, 2.24) is 4.98 Å². The molecule has 1 heterocycles. The molecule has 0 aliphatic heterocycles. The number of thiazole rings is 1. The second kappa shape index (κ2) is 4.85. The van der Waals surface area contributed by atoms with Gasteiger partial charge in [0.05, 0.1) is 5.01 Å². The lowest BCUT2D eigenvalue weighted by molar-refractivity contribution is 0.0982. The van der Waals surface area contributed by atoms with Gasteiger partial charge in [-0.05, 0) is 19.1 Å². The minimum Gasteiger partial charge on any atom is -0.351 e. The van der Waals surface area contributed by atoms with E-state index in [-0.39, 0.29) is 22.2 Å². The van der Waals surface area contributed by atoms with Crippen LogP contribution in [0.2, 0.25) is 0 Å². The zero-order valence-corrected chi connectivity index (χ0v) is 12.0. The minimum atomic E-state index is -0.413. The number of Topliss-reactive ketones (excluding diaryl/α,β-unsaturated/α-hetero) is 2. The van der Waals surface area contributed by atoms with Gasteiger partial charge in [-0.3, -0.25) is 9.59 Å². The van der Waals surface area contributed by atoms with Crippen molar-refractivity contribution in [3.8, 4) is 0 Å². The fourth-order valence-electron chi connectivity index (χ4n) is 1.94. The molecule has 1 aliphatic carbocycles. The lowest BCUT2D eigenvalue weighted by Gasteiger charge is -2.15. The second-order valence-electron chi connectivity index (χ2n) is 4.25. The highest BCUT2D eigenvalue weighted by molar-refractivity contribution is 7.14. The van der Waals surface area contributed by atoms with Crippen LogP contribution in [0, 0.1) is 6.92 Å². The van der Waals surface area contributed by atoms with E-state index >= 15 is 0 Å². The summed E-state index contributed by atoms with van der Waals surface area (Å²) in [5.74, 6) is -0.705. The van der Waals surface area contributed by atoms with Crippen LogP contribution in [0.1, 0.15) is 25.2 Å². The third-order valence-electron chi connectivity index (χ3n) is 2.84. The highest BCUT2D eigenvalue weighted by atomic mass is 35.5. The molecule has 2 aromatic rings. The largest absolute Gasteiger partial charge is 0.351 e. The molecule has 3 rings (SSSR count). The Kier molecular flexibility index (Phi) is 3.16. The van der Waals surface area contributed by atoms with E-state index in [0.717, 1.165) is 0 Å². The molecular formula is C14H9ClN2O2S. The molecule has 1 aromatic heterocycles. The topological polar surface area (TPSA) is 59.1 Å². The number of hydrogen-bond acceptors (Lipinski definition) is 5. The standard InChI is InChI=1S/C14H9ClN2O2S/c1-7-16-11-12(18)9(15)10(13(19)14(11)20-7)17-8-5-3-2-4-6-8/h2-6,17H,1H3. The zero-order chi connectivity index (χ0) is 14.3. The van der Waals surface area contributed by atoms with E-state index in [9.17, 15) is 9.59 Å². The molecule has 0 unspecified atom stereocenters. The summed E-state index contributed by atoms with van der Waals surface area (Å²) in [7, 11) is 0. The SMILES string of the molecule is Cc1nc2c(s1)C(=O)C(Nc1ccccc1)=C(Cl)C2=O. The second-order valence-corrected chi connectivity index (χ2v) is 5.83. The first-order valence-corrected chi connectivity index (χ1v) is 7.06. The van der Waals surface area contributed by atoms with Gasteiger partial charge in [-0.15, -0.1) is 11.3 Å². The van der Waals surface area contributed by atoms with Crippen LogP contribution in [0.5, 0.6) is 0 Å². The Labute approximate surface area is 124 Å². The van der Waals surface area contributed by atoms with E-state index in [1.807, 2.05) is 18.2 Å². The molecule has 0 saturated carbocycles. The molecule has 6 heteroatoms. The predicted octanol–water partition coefficient (Wildman–Crippen LogP) is 3.39. The van der Waals surface area contributed by atoms with Crippen molar-refractivity contribution in [2.24, 2.45) is 0 Å². The Morgan fingerprint density at radius 3 is 2.55 bits per heavy atom. The van der Waals surface area contributed by atoms with Crippen LogP contribution in [-0.2, 0) is 0 Å². The van der Waals surface area contributed by atoms with Gasteiger partial charge in [-0.1, -0.05) is 29.8 Å². The Morgan fingerprint density at radius 2 is 1.85 bits per heavy atom. The van der Waals surface area contributed by atoms with Gasteiger partial charge < -0.3 is 5.32 Å². The summed E-state index contributed by atoms with van der Waals surface area (Å²) >= 11 is 7.23. The number of benzene rings is 1. The van der Waals surface area contributed by atoms with Gasteiger partial charge in [-0.2, -0.15) is 0 Å². The third kappa shape index (κ3) is 2.05. The molecule has 0 bridgehead atoms. The van der Waals surface area contributed by atoms with E-state index in [0.29, 0.717) is 15.6 Å². The fraction of sp³-hybridized carbons (Fsp3) is 0.0714. The number of nitrogens with zero attached hydrogens (tertiary/aromatic N) is 1. The quantitative estimate of drug-likeness (QED) is 0.924. The van der Waals surface area contributed by atoms with Crippen LogP contribution in [0.4, 0.5) is 5.69 Å². The van der Waals surface area contributed by atoms with Crippen LogP contribution in [0.3, 0.4) is 0 Å². The Bertz CT molecular complexity index is 750. The van der Waals surface area contributed by atoms with E-state index < -0.39 is 5.78 Å². The van der Waals surface area contributed by atoms with Gasteiger partial charge in [-0.25, -0.2) is 4.98 Å². The Hall–Kier alpha value is -1.98. The van der Waals surface area contributed by atoms with Gasteiger partial charge in [0.15, 0.2) is 0 Å². The van der Waals surface area contributed by atoms with E-state index in [1.54, 1.807) is 19.1 Å². The minimum absolute atomic E-state index is 0.110. The Morgan fingerprint density at radius 1 is 1.15 bits per heavy atom. The van der Waals surface area contributed by atoms with E-state index in [1.165, 1.54) is 11.3 Å². The summed E-state index contributed by atoms with van der Waals surface area (Å²) in [6, 6.07) is 9.10. The monoisotopic (exact) mass is 304 g/mol. The van der Waals surface area contributed by atoms with Crippen LogP contribution < -0.4 is 5.32 Å². The molecule has 1 N–H and O–H groups in total. The van der Waals surface area contributed by atoms with Crippen LogP contribution in [-0.4, -0.2) is 16.6 Å². The van der Waals surface area contributed by atoms with Crippen LogP contribution >= 0.6 is 22.9 Å². The molecule has 100 valence electrons. The maximum absolute atomic E-state index is 12.4. The van der Waals surface area contributed by atoms with Crippen molar-refractivity contribution in [3.05, 3.63) is 56.6 Å². The van der Waals surface area contributed by atoms with Gasteiger partial charge in [0.2, 0.25) is 11.6 Å². The number of ketones is 2. The summed E-state index contributed by atoms with van der Waals surface area (Å²) in [5.41, 5.74) is 0.964. The lowest BCUT2D eigenvalue weighted by atomic mass is 10.0. The molecule has 0 atom stereocenters. The smallest absolute Gasteiger partial charge is 0.226 e. The number of carbonyl (C=O) groups excluding carboxylic acids is 2. The first-order chi connectivity index (χ1) is 9.58. The average molecular weight is 305 g/mol. The van der Waals surface area contributed by atoms with Gasteiger partial charge in [0.25, 0.3) is 0 Å². The molecule has 0 fully saturated rings. The predicted molar refractivity (Wildman–Crippen MR) is 78.5 cm³/mol. The summed E-state index contributed by atoms with van der Waals surface area (Å²) in [5, 5.41) is 3.47. The fourth-order valence-corrected chi connectivity index (χ4v) is 3.03. The molecule has 1 aromatic carbocycles. The van der Waals surface area contributed by atoms with E-state index in [4.69, 9.17) is 11.6 Å². The number of nitrogens with one attached hydrogen (secondary N) is 1. The van der Waals surface area contributed by atoms with Gasteiger partial charge in [0, 0.05) is 5.69 Å². The summed E-state index contributed by atoms with van der Waals surface area (Å²) in [6.45, 7) is 1.75.